The molecule has 2 rings (SSSR count). The van der Waals surface area contributed by atoms with Gasteiger partial charge in [0.1, 0.15) is 28.9 Å². The van der Waals surface area contributed by atoms with E-state index in [1.165, 1.54) is 6.07 Å². The summed E-state index contributed by atoms with van der Waals surface area (Å²) < 4.78 is 56.4. The molecule has 0 atom stereocenters. The summed E-state index contributed by atoms with van der Waals surface area (Å²) in [5.74, 6) is -1.27. The number of nitriles is 1. The number of pyridine rings is 1. The number of alkyl halides is 3. The number of hydrogen-bond donors (Lipinski definition) is 0. The van der Waals surface area contributed by atoms with Crippen LogP contribution in [0.2, 0.25) is 0 Å². The Morgan fingerprint density at radius 3 is 2.52 bits per heavy atom. The van der Waals surface area contributed by atoms with E-state index in [1.54, 1.807) is 6.07 Å². The Labute approximate surface area is 124 Å². The van der Waals surface area contributed by atoms with Gasteiger partial charge in [-0.15, -0.1) is 0 Å². The van der Waals surface area contributed by atoms with Gasteiger partial charge in [-0.25, -0.2) is 9.37 Å². The summed E-state index contributed by atoms with van der Waals surface area (Å²) in [6.45, 7) is 0. The number of halogens is 5. The zero-order valence-corrected chi connectivity index (χ0v) is 11.7. The van der Waals surface area contributed by atoms with Crippen molar-refractivity contribution in [1.82, 2.24) is 4.98 Å². The molecule has 1 aromatic carbocycles. The van der Waals surface area contributed by atoms with Crippen molar-refractivity contribution in [2.45, 2.75) is 6.18 Å². The predicted molar refractivity (Wildman–Crippen MR) is 68.1 cm³/mol. The Morgan fingerprint density at radius 2 is 1.90 bits per heavy atom. The fraction of sp³-hybridized carbons (Fsp3) is 0.0769. The van der Waals surface area contributed by atoms with Crippen LogP contribution in [0.5, 0.6) is 11.6 Å². The molecule has 1 aromatic heterocycles. The van der Waals surface area contributed by atoms with Crippen molar-refractivity contribution < 1.29 is 22.3 Å². The molecular weight excluding hydrogens is 356 g/mol. The third kappa shape index (κ3) is 3.49. The van der Waals surface area contributed by atoms with Gasteiger partial charge in [0.15, 0.2) is 0 Å². The van der Waals surface area contributed by atoms with Crippen LogP contribution in [0.1, 0.15) is 11.3 Å². The van der Waals surface area contributed by atoms with Crippen LogP contribution >= 0.6 is 15.9 Å². The number of benzene rings is 1. The second-order valence-corrected chi connectivity index (χ2v) is 4.69. The Hall–Kier alpha value is -2.14. The van der Waals surface area contributed by atoms with Gasteiger partial charge in [-0.3, -0.25) is 0 Å². The fourth-order valence-electron chi connectivity index (χ4n) is 1.42. The van der Waals surface area contributed by atoms with Gasteiger partial charge in [-0.05, 0) is 40.2 Å². The smallest absolute Gasteiger partial charge is 0.433 e. The Balaban J connectivity index is 2.47. The van der Waals surface area contributed by atoms with Crippen molar-refractivity contribution in [2.75, 3.05) is 0 Å². The van der Waals surface area contributed by atoms with Crippen molar-refractivity contribution in [3.63, 3.8) is 0 Å². The van der Waals surface area contributed by atoms with E-state index in [2.05, 4.69) is 20.9 Å². The highest BCUT2D eigenvalue weighted by Crippen LogP contribution is 2.34. The number of hydrogen-bond acceptors (Lipinski definition) is 3. The van der Waals surface area contributed by atoms with Crippen LogP contribution in [-0.4, -0.2) is 4.98 Å². The van der Waals surface area contributed by atoms with Gasteiger partial charge in [0.05, 0.1) is 4.47 Å². The lowest BCUT2D eigenvalue weighted by Gasteiger charge is -2.11. The van der Waals surface area contributed by atoms with Crippen molar-refractivity contribution in [3.8, 4) is 17.7 Å². The van der Waals surface area contributed by atoms with E-state index in [-0.39, 0.29) is 11.3 Å². The maximum absolute atomic E-state index is 13.1. The summed E-state index contributed by atoms with van der Waals surface area (Å²) in [7, 11) is 0. The fourth-order valence-corrected chi connectivity index (χ4v) is 1.75. The molecule has 0 bridgehead atoms. The second-order valence-electron chi connectivity index (χ2n) is 3.84. The zero-order chi connectivity index (χ0) is 15.6. The van der Waals surface area contributed by atoms with E-state index < -0.39 is 23.6 Å². The second kappa shape index (κ2) is 5.69. The summed E-state index contributed by atoms with van der Waals surface area (Å²) in [4.78, 5) is 3.27. The molecule has 108 valence electrons. The van der Waals surface area contributed by atoms with Gasteiger partial charge in [0.25, 0.3) is 0 Å². The van der Waals surface area contributed by atoms with Gasteiger partial charge in [0.2, 0.25) is 5.88 Å². The van der Waals surface area contributed by atoms with Crippen LogP contribution < -0.4 is 4.74 Å². The monoisotopic (exact) mass is 360 g/mol. The molecule has 0 aliphatic rings. The minimum atomic E-state index is -4.68. The van der Waals surface area contributed by atoms with E-state index in [1.807, 2.05) is 0 Å². The number of nitrogens with zero attached hydrogens (tertiary/aromatic N) is 2. The van der Waals surface area contributed by atoms with E-state index in [9.17, 15) is 17.6 Å². The Bertz CT molecular complexity index is 725. The maximum Gasteiger partial charge on any atom is 0.433 e. The van der Waals surface area contributed by atoms with Crippen LogP contribution in [0, 0.1) is 17.1 Å². The zero-order valence-electron chi connectivity index (χ0n) is 10.1. The predicted octanol–water partition coefficient (Wildman–Crippen LogP) is 4.67. The molecule has 3 nitrogen and oxygen atoms in total. The first-order valence-corrected chi connectivity index (χ1v) is 6.22. The molecule has 1 heterocycles. The maximum atomic E-state index is 13.1. The SMILES string of the molecule is N#Cc1ccc(C(F)(F)F)nc1Oc1cc(F)ccc1Br. The Kier molecular flexibility index (Phi) is 4.14. The third-order valence-corrected chi connectivity index (χ3v) is 3.03. The highest BCUT2D eigenvalue weighted by Gasteiger charge is 2.33. The third-order valence-electron chi connectivity index (χ3n) is 2.37. The molecule has 0 spiro atoms. The molecule has 0 radical (unpaired) electrons. The summed E-state index contributed by atoms with van der Waals surface area (Å²) in [5.41, 5.74) is -1.40. The van der Waals surface area contributed by atoms with Crippen LogP contribution in [0.3, 0.4) is 0 Å². The number of aromatic nitrogens is 1. The molecule has 0 N–H and O–H groups in total. The van der Waals surface area contributed by atoms with Gasteiger partial charge < -0.3 is 4.74 Å². The van der Waals surface area contributed by atoms with Gasteiger partial charge in [-0.1, -0.05) is 0 Å². The van der Waals surface area contributed by atoms with Crippen LogP contribution in [-0.2, 0) is 6.18 Å². The van der Waals surface area contributed by atoms with Gasteiger partial charge >= 0.3 is 6.18 Å². The largest absolute Gasteiger partial charge is 0.436 e. The van der Waals surface area contributed by atoms with Gasteiger partial charge in [-0.2, -0.15) is 18.4 Å². The molecule has 0 amide bonds. The van der Waals surface area contributed by atoms with Crippen LogP contribution in [0.15, 0.2) is 34.8 Å². The quantitative estimate of drug-likeness (QED) is 0.731. The molecule has 0 saturated carbocycles. The molecule has 0 fully saturated rings. The van der Waals surface area contributed by atoms with Crippen molar-refractivity contribution >= 4 is 15.9 Å². The number of rotatable bonds is 2. The van der Waals surface area contributed by atoms with Crippen LogP contribution in [0.25, 0.3) is 0 Å². The van der Waals surface area contributed by atoms with E-state index in [0.29, 0.717) is 10.5 Å². The van der Waals surface area contributed by atoms with E-state index >= 15 is 0 Å². The number of ether oxygens (including phenoxy) is 1. The minimum Gasteiger partial charge on any atom is -0.436 e. The first-order chi connectivity index (χ1) is 9.81. The van der Waals surface area contributed by atoms with Crippen molar-refractivity contribution in [2.24, 2.45) is 0 Å². The van der Waals surface area contributed by atoms with E-state index in [4.69, 9.17) is 10.00 Å². The first kappa shape index (κ1) is 15.3. The van der Waals surface area contributed by atoms with Crippen molar-refractivity contribution in [3.05, 3.63) is 51.9 Å². The Morgan fingerprint density at radius 1 is 1.19 bits per heavy atom. The highest BCUT2D eigenvalue weighted by molar-refractivity contribution is 9.10. The van der Waals surface area contributed by atoms with Gasteiger partial charge in [0, 0.05) is 6.07 Å². The molecule has 0 unspecified atom stereocenters. The van der Waals surface area contributed by atoms with Crippen LogP contribution in [0.4, 0.5) is 17.6 Å². The van der Waals surface area contributed by atoms with E-state index in [0.717, 1.165) is 18.2 Å². The standard InChI is InChI=1S/C13H5BrF4N2O/c14-9-3-2-8(15)5-10(9)21-12-7(6-19)1-4-11(20-12)13(16,17)18/h1-5H. The summed E-state index contributed by atoms with van der Waals surface area (Å²) in [6, 6.07) is 6.71. The average molecular weight is 361 g/mol. The molecule has 0 aliphatic carbocycles. The molecular formula is C13H5BrF4N2O. The molecule has 2 aromatic rings. The summed E-state index contributed by atoms with van der Waals surface area (Å²) in [5, 5.41) is 8.88. The normalized spacial score (nSPS) is 11.0. The molecule has 0 aliphatic heterocycles. The summed E-state index contributed by atoms with van der Waals surface area (Å²) in [6.07, 6.45) is -4.68. The lowest BCUT2D eigenvalue weighted by molar-refractivity contribution is -0.141. The molecule has 8 heteroatoms. The minimum absolute atomic E-state index is 0.0849. The average Bonchev–Trinajstić information content (AvgIpc) is 2.42. The highest BCUT2D eigenvalue weighted by atomic mass is 79.9. The molecule has 21 heavy (non-hydrogen) atoms. The lowest BCUT2D eigenvalue weighted by atomic mass is 10.2. The molecule has 0 saturated heterocycles. The summed E-state index contributed by atoms with van der Waals surface area (Å²) >= 11 is 3.07. The van der Waals surface area contributed by atoms with Crippen molar-refractivity contribution in [1.29, 1.82) is 5.26 Å². The topological polar surface area (TPSA) is 45.9 Å². The first-order valence-electron chi connectivity index (χ1n) is 5.42. The lowest BCUT2D eigenvalue weighted by Crippen LogP contribution is -2.09.